The SMILES string of the molecule is CCN(CC)c1cc(F)ccc1C#N. The molecule has 1 aromatic carbocycles. The summed E-state index contributed by atoms with van der Waals surface area (Å²) < 4.78 is 13.0. The van der Waals surface area contributed by atoms with Crippen LogP contribution in [0.2, 0.25) is 0 Å². The van der Waals surface area contributed by atoms with Crippen LogP contribution in [0.25, 0.3) is 0 Å². The number of halogens is 1. The van der Waals surface area contributed by atoms with Gasteiger partial charge in [0, 0.05) is 13.1 Å². The van der Waals surface area contributed by atoms with Crippen molar-refractivity contribution in [2.24, 2.45) is 0 Å². The molecule has 0 heterocycles. The molecule has 0 radical (unpaired) electrons. The molecule has 2 nitrogen and oxygen atoms in total. The highest BCUT2D eigenvalue weighted by atomic mass is 19.1. The Kier molecular flexibility index (Phi) is 3.47. The fourth-order valence-corrected chi connectivity index (χ4v) is 1.43. The van der Waals surface area contributed by atoms with Gasteiger partial charge < -0.3 is 4.90 Å². The van der Waals surface area contributed by atoms with E-state index in [9.17, 15) is 4.39 Å². The first-order chi connectivity index (χ1) is 6.72. The minimum Gasteiger partial charge on any atom is -0.371 e. The van der Waals surface area contributed by atoms with E-state index in [-0.39, 0.29) is 5.82 Å². The first-order valence-electron chi connectivity index (χ1n) is 4.67. The third-order valence-corrected chi connectivity index (χ3v) is 2.18. The van der Waals surface area contributed by atoms with Crippen LogP contribution in [0.5, 0.6) is 0 Å². The standard InChI is InChI=1S/C11H13FN2/c1-3-14(4-2)11-7-10(12)6-5-9(11)8-13/h5-7H,3-4H2,1-2H3. The Bertz CT molecular complexity index is 351. The van der Waals surface area contributed by atoms with Gasteiger partial charge in [-0.05, 0) is 32.0 Å². The summed E-state index contributed by atoms with van der Waals surface area (Å²) in [5.41, 5.74) is 1.20. The molecule has 0 saturated heterocycles. The van der Waals surface area contributed by atoms with Gasteiger partial charge >= 0.3 is 0 Å². The van der Waals surface area contributed by atoms with Crippen molar-refractivity contribution in [1.82, 2.24) is 0 Å². The van der Waals surface area contributed by atoms with Gasteiger partial charge in [-0.25, -0.2) is 4.39 Å². The lowest BCUT2D eigenvalue weighted by atomic mass is 10.1. The highest BCUT2D eigenvalue weighted by molar-refractivity contribution is 5.59. The zero-order valence-corrected chi connectivity index (χ0v) is 8.42. The second-order valence-electron chi connectivity index (χ2n) is 2.95. The van der Waals surface area contributed by atoms with E-state index in [4.69, 9.17) is 5.26 Å². The zero-order chi connectivity index (χ0) is 10.6. The lowest BCUT2D eigenvalue weighted by Gasteiger charge is -2.21. The molecule has 74 valence electrons. The van der Waals surface area contributed by atoms with Crippen molar-refractivity contribution in [3.05, 3.63) is 29.6 Å². The van der Waals surface area contributed by atoms with Crippen LogP contribution in [0.4, 0.5) is 10.1 Å². The molecule has 0 aliphatic rings. The van der Waals surface area contributed by atoms with Gasteiger partial charge in [0.1, 0.15) is 11.9 Å². The predicted molar refractivity (Wildman–Crippen MR) is 54.7 cm³/mol. The van der Waals surface area contributed by atoms with E-state index in [1.807, 2.05) is 18.7 Å². The molecule has 0 fully saturated rings. The van der Waals surface area contributed by atoms with Crippen LogP contribution in [-0.4, -0.2) is 13.1 Å². The smallest absolute Gasteiger partial charge is 0.125 e. The van der Waals surface area contributed by atoms with E-state index >= 15 is 0 Å². The number of hydrogen-bond donors (Lipinski definition) is 0. The van der Waals surface area contributed by atoms with Gasteiger partial charge in [0.15, 0.2) is 0 Å². The van der Waals surface area contributed by atoms with Crippen LogP contribution < -0.4 is 4.90 Å². The minimum atomic E-state index is -0.300. The molecule has 0 saturated carbocycles. The van der Waals surface area contributed by atoms with Crippen molar-refractivity contribution in [3.8, 4) is 6.07 Å². The molecule has 0 unspecified atom stereocenters. The van der Waals surface area contributed by atoms with Gasteiger partial charge in [-0.2, -0.15) is 5.26 Å². The molecule has 0 aliphatic heterocycles. The van der Waals surface area contributed by atoms with Crippen LogP contribution in [0.15, 0.2) is 18.2 Å². The number of hydrogen-bond acceptors (Lipinski definition) is 2. The average molecular weight is 192 g/mol. The third kappa shape index (κ3) is 2.02. The molecule has 3 heteroatoms. The average Bonchev–Trinajstić information content (AvgIpc) is 2.20. The van der Waals surface area contributed by atoms with Gasteiger partial charge in [-0.3, -0.25) is 0 Å². The third-order valence-electron chi connectivity index (χ3n) is 2.18. The van der Waals surface area contributed by atoms with Crippen LogP contribution in [0.1, 0.15) is 19.4 Å². The lowest BCUT2D eigenvalue weighted by Crippen LogP contribution is -2.22. The topological polar surface area (TPSA) is 27.0 Å². The largest absolute Gasteiger partial charge is 0.371 e. The quantitative estimate of drug-likeness (QED) is 0.735. The normalized spacial score (nSPS) is 9.57. The van der Waals surface area contributed by atoms with E-state index < -0.39 is 0 Å². The van der Waals surface area contributed by atoms with E-state index in [2.05, 4.69) is 6.07 Å². The molecule has 1 aromatic rings. The molecule has 1 rings (SSSR count). The van der Waals surface area contributed by atoms with Crippen LogP contribution in [0, 0.1) is 17.1 Å². The van der Waals surface area contributed by atoms with Crippen molar-refractivity contribution in [2.45, 2.75) is 13.8 Å². The molecule has 0 amide bonds. The molecule has 0 atom stereocenters. The number of benzene rings is 1. The predicted octanol–water partition coefficient (Wildman–Crippen LogP) is 2.54. The summed E-state index contributed by atoms with van der Waals surface area (Å²) in [6, 6.07) is 6.30. The van der Waals surface area contributed by atoms with Gasteiger partial charge in [0.25, 0.3) is 0 Å². The Balaban J connectivity index is 3.16. The van der Waals surface area contributed by atoms with Crippen LogP contribution in [-0.2, 0) is 0 Å². The molecule has 0 N–H and O–H groups in total. The van der Waals surface area contributed by atoms with Crippen LogP contribution in [0.3, 0.4) is 0 Å². The Morgan fingerprint density at radius 2 is 2.00 bits per heavy atom. The van der Waals surface area contributed by atoms with E-state index in [0.717, 1.165) is 13.1 Å². The molecular weight excluding hydrogens is 179 g/mol. The van der Waals surface area contributed by atoms with Crippen molar-refractivity contribution in [2.75, 3.05) is 18.0 Å². The molecule has 0 aromatic heterocycles. The van der Waals surface area contributed by atoms with Crippen molar-refractivity contribution < 1.29 is 4.39 Å². The molecule has 0 aliphatic carbocycles. The highest BCUT2D eigenvalue weighted by Crippen LogP contribution is 2.20. The first-order valence-corrected chi connectivity index (χ1v) is 4.67. The summed E-state index contributed by atoms with van der Waals surface area (Å²) in [4.78, 5) is 1.96. The molecule has 0 bridgehead atoms. The first kappa shape index (κ1) is 10.5. The maximum Gasteiger partial charge on any atom is 0.125 e. The van der Waals surface area contributed by atoms with Crippen LogP contribution >= 0.6 is 0 Å². The Hall–Kier alpha value is -1.56. The summed E-state index contributed by atoms with van der Waals surface area (Å²) >= 11 is 0. The summed E-state index contributed by atoms with van der Waals surface area (Å²) in [5, 5.41) is 8.85. The molecule has 14 heavy (non-hydrogen) atoms. The number of nitriles is 1. The molecule has 0 spiro atoms. The number of anilines is 1. The zero-order valence-electron chi connectivity index (χ0n) is 8.42. The van der Waals surface area contributed by atoms with Gasteiger partial charge in [-0.1, -0.05) is 0 Å². The summed E-state index contributed by atoms with van der Waals surface area (Å²) in [5.74, 6) is -0.300. The molecular formula is C11H13FN2. The fourth-order valence-electron chi connectivity index (χ4n) is 1.43. The Morgan fingerprint density at radius 1 is 1.36 bits per heavy atom. The second kappa shape index (κ2) is 4.61. The lowest BCUT2D eigenvalue weighted by molar-refractivity contribution is 0.626. The van der Waals surface area contributed by atoms with Gasteiger partial charge in [0.05, 0.1) is 11.3 Å². The fraction of sp³-hybridized carbons (Fsp3) is 0.364. The van der Waals surface area contributed by atoms with E-state index in [1.54, 1.807) is 0 Å². The maximum absolute atomic E-state index is 13.0. The van der Waals surface area contributed by atoms with Crippen molar-refractivity contribution >= 4 is 5.69 Å². The van der Waals surface area contributed by atoms with E-state index in [0.29, 0.717) is 11.3 Å². The second-order valence-corrected chi connectivity index (χ2v) is 2.95. The summed E-state index contributed by atoms with van der Waals surface area (Å²) in [6.45, 7) is 5.51. The monoisotopic (exact) mass is 192 g/mol. The van der Waals surface area contributed by atoms with Gasteiger partial charge in [-0.15, -0.1) is 0 Å². The summed E-state index contributed by atoms with van der Waals surface area (Å²) in [7, 11) is 0. The van der Waals surface area contributed by atoms with E-state index in [1.165, 1.54) is 18.2 Å². The Morgan fingerprint density at radius 3 is 2.50 bits per heavy atom. The number of nitrogens with zero attached hydrogens (tertiary/aromatic N) is 2. The Labute approximate surface area is 83.6 Å². The highest BCUT2D eigenvalue weighted by Gasteiger charge is 2.08. The van der Waals surface area contributed by atoms with Crippen molar-refractivity contribution in [3.63, 3.8) is 0 Å². The summed E-state index contributed by atoms with van der Waals surface area (Å²) in [6.07, 6.45) is 0. The minimum absolute atomic E-state index is 0.300. The number of rotatable bonds is 3. The maximum atomic E-state index is 13.0. The van der Waals surface area contributed by atoms with Gasteiger partial charge in [0.2, 0.25) is 0 Å². The van der Waals surface area contributed by atoms with Crippen molar-refractivity contribution in [1.29, 1.82) is 5.26 Å².